The number of rotatable bonds is 1. The zero-order valence-electron chi connectivity index (χ0n) is 6.81. The molecule has 1 unspecified atom stereocenters. The van der Waals surface area contributed by atoms with Crippen LogP contribution in [0.1, 0.15) is 27.2 Å². The van der Waals surface area contributed by atoms with Crippen molar-refractivity contribution < 1.29 is 9.47 Å². The fourth-order valence-electron chi connectivity index (χ4n) is 0.812. The van der Waals surface area contributed by atoms with Gasteiger partial charge in [-0.15, -0.1) is 0 Å². The summed E-state index contributed by atoms with van der Waals surface area (Å²) >= 11 is 0. The van der Waals surface area contributed by atoms with Crippen LogP contribution >= 0.6 is 0 Å². The van der Waals surface area contributed by atoms with Gasteiger partial charge in [0.1, 0.15) is 12.7 Å². The Morgan fingerprint density at radius 1 is 1.70 bits per heavy atom. The lowest BCUT2D eigenvalue weighted by Crippen LogP contribution is -2.00. The molecule has 1 fully saturated rings. The Bertz CT molecular complexity index is 149. The second-order valence-electron chi connectivity index (χ2n) is 2.66. The van der Waals surface area contributed by atoms with E-state index in [1.54, 1.807) is 0 Å². The van der Waals surface area contributed by atoms with Crippen LogP contribution < -0.4 is 0 Å². The zero-order valence-corrected chi connectivity index (χ0v) is 6.81. The van der Waals surface area contributed by atoms with E-state index in [0.717, 1.165) is 12.4 Å². The van der Waals surface area contributed by atoms with Gasteiger partial charge in [0.15, 0.2) is 0 Å². The van der Waals surface area contributed by atoms with Crippen LogP contribution in [-0.4, -0.2) is 12.7 Å². The predicted octanol–water partition coefficient (Wildman–Crippen LogP) is 2.06. The summed E-state index contributed by atoms with van der Waals surface area (Å²) in [7, 11) is 0. The van der Waals surface area contributed by atoms with Gasteiger partial charge in [0.05, 0.1) is 0 Å². The average Bonchev–Trinajstić information content (AvgIpc) is 2.34. The third kappa shape index (κ3) is 1.43. The van der Waals surface area contributed by atoms with Gasteiger partial charge < -0.3 is 9.47 Å². The molecule has 0 radical (unpaired) electrons. The Kier molecular flexibility index (Phi) is 2.20. The summed E-state index contributed by atoms with van der Waals surface area (Å²) in [6, 6.07) is 0. The van der Waals surface area contributed by atoms with E-state index in [1.165, 1.54) is 5.57 Å². The molecule has 0 N–H and O–H groups in total. The molecule has 1 aliphatic heterocycles. The molecule has 0 aromatic rings. The number of hydrogen-bond donors (Lipinski definition) is 0. The minimum atomic E-state index is 0.233. The van der Waals surface area contributed by atoms with Crippen molar-refractivity contribution in [1.29, 1.82) is 0 Å². The highest BCUT2D eigenvalue weighted by Gasteiger charge is 2.18. The Morgan fingerprint density at radius 2 is 2.40 bits per heavy atom. The van der Waals surface area contributed by atoms with Gasteiger partial charge in [-0.3, -0.25) is 0 Å². The number of ether oxygens (including phenoxy) is 2. The molecule has 0 aliphatic carbocycles. The predicted molar refractivity (Wildman–Crippen MR) is 39.5 cm³/mol. The summed E-state index contributed by atoms with van der Waals surface area (Å²) in [4.78, 5) is 0. The number of hydrogen-bond acceptors (Lipinski definition) is 2. The molecule has 0 spiro atoms. The first kappa shape index (κ1) is 7.45. The van der Waals surface area contributed by atoms with E-state index < -0.39 is 0 Å². The summed E-state index contributed by atoms with van der Waals surface area (Å²) in [6.07, 6.45) is 1.23. The van der Waals surface area contributed by atoms with Crippen molar-refractivity contribution in [3.05, 3.63) is 11.5 Å². The summed E-state index contributed by atoms with van der Waals surface area (Å²) in [5.41, 5.74) is 1.20. The SMILES string of the molecule is CC/C(C)=C1\OCC(C)O1. The molecule has 1 saturated heterocycles. The van der Waals surface area contributed by atoms with Crippen LogP contribution in [0.15, 0.2) is 11.5 Å². The Hall–Kier alpha value is -0.660. The monoisotopic (exact) mass is 142 g/mol. The van der Waals surface area contributed by atoms with Gasteiger partial charge in [-0.05, 0) is 20.3 Å². The first-order valence-corrected chi connectivity index (χ1v) is 3.73. The summed E-state index contributed by atoms with van der Waals surface area (Å²) in [5.74, 6) is 0.745. The third-order valence-electron chi connectivity index (χ3n) is 1.64. The van der Waals surface area contributed by atoms with E-state index in [9.17, 15) is 0 Å². The summed E-state index contributed by atoms with van der Waals surface area (Å²) in [5, 5.41) is 0. The van der Waals surface area contributed by atoms with Crippen LogP contribution in [0.3, 0.4) is 0 Å². The Morgan fingerprint density at radius 3 is 2.80 bits per heavy atom. The normalized spacial score (nSPS) is 29.3. The fraction of sp³-hybridized carbons (Fsp3) is 0.750. The van der Waals surface area contributed by atoms with Gasteiger partial charge in [0, 0.05) is 5.57 Å². The van der Waals surface area contributed by atoms with Crippen LogP contribution in [0.5, 0.6) is 0 Å². The zero-order chi connectivity index (χ0) is 7.56. The van der Waals surface area contributed by atoms with Crippen molar-refractivity contribution in [1.82, 2.24) is 0 Å². The molecule has 2 nitrogen and oxygen atoms in total. The third-order valence-corrected chi connectivity index (χ3v) is 1.64. The molecular weight excluding hydrogens is 128 g/mol. The van der Waals surface area contributed by atoms with Crippen molar-refractivity contribution in [2.75, 3.05) is 6.61 Å². The maximum absolute atomic E-state index is 5.37. The van der Waals surface area contributed by atoms with Crippen LogP contribution in [-0.2, 0) is 9.47 Å². The first-order chi connectivity index (χ1) is 4.74. The van der Waals surface area contributed by atoms with Crippen molar-refractivity contribution >= 4 is 0 Å². The van der Waals surface area contributed by atoms with E-state index in [0.29, 0.717) is 6.61 Å². The quantitative estimate of drug-likeness (QED) is 0.558. The van der Waals surface area contributed by atoms with Gasteiger partial charge in [0.2, 0.25) is 0 Å². The Balaban J connectivity index is 2.58. The molecule has 1 rings (SSSR count). The van der Waals surface area contributed by atoms with Crippen molar-refractivity contribution in [3.63, 3.8) is 0 Å². The molecule has 10 heavy (non-hydrogen) atoms. The number of allylic oxidation sites excluding steroid dienone is 1. The molecule has 0 bridgehead atoms. The minimum Gasteiger partial charge on any atom is -0.462 e. The molecule has 0 saturated carbocycles. The molecular formula is C8H14O2. The fourth-order valence-corrected chi connectivity index (χ4v) is 0.812. The molecule has 0 aromatic heterocycles. The highest BCUT2D eigenvalue weighted by molar-refractivity contribution is 5.01. The van der Waals surface area contributed by atoms with E-state index >= 15 is 0 Å². The van der Waals surface area contributed by atoms with E-state index in [2.05, 4.69) is 6.92 Å². The van der Waals surface area contributed by atoms with E-state index in [1.807, 2.05) is 13.8 Å². The minimum absolute atomic E-state index is 0.233. The lowest BCUT2D eigenvalue weighted by Gasteiger charge is -2.01. The van der Waals surface area contributed by atoms with Crippen LogP contribution in [0, 0.1) is 0 Å². The standard InChI is InChI=1S/C8H14O2/c1-4-6(2)8-9-5-7(3)10-8/h7H,4-5H2,1-3H3/b8-6+. The first-order valence-electron chi connectivity index (χ1n) is 3.73. The maximum Gasteiger partial charge on any atom is 0.278 e. The molecule has 1 atom stereocenters. The van der Waals surface area contributed by atoms with Crippen molar-refractivity contribution in [2.24, 2.45) is 0 Å². The van der Waals surface area contributed by atoms with Gasteiger partial charge in [-0.1, -0.05) is 6.92 Å². The topological polar surface area (TPSA) is 18.5 Å². The van der Waals surface area contributed by atoms with Crippen LogP contribution in [0.2, 0.25) is 0 Å². The van der Waals surface area contributed by atoms with Crippen LogP contribution in [0.4, 0.5) is 0 Å². The maximum atomic E-state index is 5.37. The lowest BCUT2D eigenvalue weighted by atomic mass is 10.2. The van der Waals surface area contributed by atoms with Gasteiger partial charge in [-0.2, -0.15) is 0 Å². The Labute approximate surface area is 61.8 Å². The van der Waals surface area contributed by atoms with E-state index in [-0.39, 0.29) is 6.10 Å². The highest BCUT2D eigenvalue weighted by atomic mass is 16.7. The summed E-state index contributed by atoms with van der Waals surface area (Å²) < 4.78 is 10.6. The molecule has 0 amide bonds. The molecule has 58 valence electrons. The highest BCUT2D eigenvalue weighted by Crippen LogP contribution is 2.19. The van der Waals surface area contributed by atoms with Gasteiger partial charge >= 0.3 is 0 Å². The van der Waals surface area contributed by atoms with Gasteiger partial charge in [-0.25, -0.2) is 0 Å². The lowest BCUT2D eigenvalue weighted by molar-refractivity contribution is 0.144. The second kappa shape index (κ2) is 2.95. The summed E-state index contributed by atoms with van der Waals surface area (Å²) in [6.45, 7) is 6.84. The van der Waals surface area contributed by atoms with Gasteiger partial charge in [0.25, 0.3) is 5.95 Å². The molecule has 1 heterocycles. The van der Waals surface area contributed by atoms with Crippen molar-refractivity contribution in [2.45, 2.75) is 33.3 Å². The average molecular weight is 142 g/mol. The molecule has 0 aromatic carbocycles. The molecule has 2 heteroatoms. The smallest absolute Gasteiger partial charge is 0.278 e. The van der Waals surface area contributed by atoms with Crippen LogP contribution in [0.25, 0.3) is 0 Å². The van der Waals surface area contributed by atoms with E-state index in [4.69, 9.17) is 9.47 Å². The largest absolute Gasteiger partial charge is 0.462 e. The molecule has 1 aliphatic rings. The second-order valence-corrected chi connectivity index (χ2v) is 2.66. The van der Waals surface area contributed by atoms with Crippen molar-refractivity contribution in [3.8, 4) is 0 Å².